The van der Waals surface area contributed by atoms with Crippen LogP contribution in [0.2, 0.25) is 0 Å². The molecule has 2 N–H and O–H groups in total. The van der Waals surface area contributed by atoms with E-state index in [0.29, 0.717) is 11.4 Å². The largest absolute Gasteiger partial charge is 0.355 e. The third kappa shape index (κ3) is 5.49. The van der Waals surface area contributed by atoms with E-state index in [4.69, 9.17) is 0 Å². The van der Waals surface area contributed by atoms with Crippen LogP contribution < -0.4 is 10.6 Å². The molecule has 1 aromatic heterocycles. The van der Waals surface area contributed by atoms with Crippen molar-refractivity contribution in [1.29, 1.82) is 0 Å². The summed E-state index contributed by atoms with van der Waals surface area (Å²) in [6.07, 6.45) is 1.82. The summed E-state index contributed by atoms with van der Waals surface area (Å²) >= 11 is 1.43. The zero-order chi connectivity index (χ0) is 17.5. The molecule has 1 heterocycles. The number of rotatable bonds is 7. The van der Waals surface area contributed by atoms with Gasteiger partial charge in [-0.1, -0.05) is 23.8 Å². The van der Waals surface area contributed by atoms with E-state index < -0.39 is 0 Å². The van der Waals surface area contributed by atoms with E-state index in [9.17, 15) is 9.59 Å². The predicted octanol–water partition coefficient (Wildman–Crippen LogP) is 3.15. The van der Waals surface area contributed by atoms with Crippen LogP contribution in [-0.2, 0) is 11.2 Å². The Labute approximate surface area is 147 Å². The second kappa shape index (κ2) is 8.64. The normalized spacial score (nSPS) is 10.5. The highest BCUT2D eigenvalue weighted by atomic mass is 32.1. The molecule has 0 saturated heterocycles. The maximum absolute atomic E-state index is 11.9. The van der Waals surface area contributed by atoms with Gasteiger partial charge in [0.15, 0.2) is 0 Å². The topological polar surface area (TPSA) is 58.2 Å². The van der Waals surface area contributed by atoms with Crippen LogP contribution in [0.1, 0.15) is 37.7 Å². The van der Waals surface area contributed by atoms with Gasteiger partial charge in [-0.25, -0.2) is 0 Å². The van der Waals surface area contributed by atoms with Crippen molar-refractivity contribution in [1.82, 2.24) is 10.6 Å². The van der Waals surface area contributed by atoms with Gasteiger partial charge >= 0.3 is 0 Å². The molecule has 0 aliphatic rings. The molecule has 0 atom stereocenters. The number of thiophene rings is 1. The third-order valence-corrected chi connectivity index (χ3v) is 4.82. The molecule has 5 heteroatoms. The summed E-state index contributed by atoms with van der Waals surface area (Å²) in [6.45, 7) is 6.77. The fourth-order valence-corrected chi connectivity index (χ4v) is 3.28. The van der Waals surface area contributed by atoms with Crippen LogP contribution in [0.15, 0.2) is 30.3 Å². The Balaban J connectivity index is 1.65. The SMILES string of the molecule is Cc1ccc(CCCNC(=O)CNC(=O)c2ccc(C)s2)c(C)c1. The minimum absolute atomic E-state index is 0.0132. The first-order valence-electron chi connectivity index (χ1n) is 8.13. The van der Waals surface area contributed by atoms with Crippen LogP contribution in [0.3, 0.4) is 0 Å². The van der Waals surface area contributed by atoms with Gasteiger partial charge in [0.1, 0.15) is 0 Å². The molecule has 2 rings (SSSR count). The standard InChI is InChI=1S/C19H24N2O2S/c1-13-6-8-16(14(2)11-13)5-4-10-20-18(22)12-21-19(23)17-9-7-15(3)24-17/h6-9,11H,4-5,10,12H2,1-3H3,(H,20,22)(H,21,23). The molecule has 24 heavy (non-hydrogen) atoms. The summed E-state index contributed by atoms with van der Waals surface area (Å²) < 4.78 is 0. The van der Waals surface area contributed by atoms with Crippen LogP contribution in [-0.4, -0.2) is 24.9 Å². The van der Waals surface area contributed by atoms with Gasteiger partial charge in [-0.3, -0.25) is 9.59 Å². The molecule has 0 unspecified atom stereocenters. The Kier molecular flexibility index (Phi) is 6.55. The molecule has 0 bridgehead atoms. The fourth-order valence-electron chi connectivity index (χ4n) is 2.50. The van der Waals surface area contributed by atoms with Gasteiger partial charge < -0.3 is 10.6 Å². The van der Waals surface area contributed by atoms with Gasteiger partial charge in [0, 0.05) is 11.4 Å². The predicted molar refractivity (Wildman–Crippen MR) is 98.6 cm³/mol. The van der Waals surface area contributed by atoms with Crippen molar-refractivity contribution in [2.24, 2.45) is 0 Å². The molecule has 4 nitrogen and oxygen atoms in total. The van der Waals surface area contributed by atoms with E-state index in [2.05, 4.69) is 42.7 Å². The van der Waals surface area contributed by atoms with Gasteiger partial charge in [0.2, 0.25) is 5.91 Å². The molecule has 1 aromatic carbocycles. The molecule has 0 spiro atoms. The van der Waals surface area contributed by atoms with Crippen LogP contribution in [0.5, 0.6) is 0 Å². The van der Waals surface area contributed by atoms with Gasteiger partial charge in [-0.05, 0) is 56.9 Å². The van der Waals surface area contributed by atoms with E-state index >= 15 is 0 Å². The molecular weight excluding hydrogens is 320 g/mol. The van der Waals surface area contributed by atoms with Gasteiger partial charge in [-0.2, -0.15) is 0 Å². The summed E-state index contributed by atoms with van der Waals surface area (Å²) in [4.78, 5) is 25.4. The van der Waals surface area contributed by atoms with Crippen molar-refractivity contribution in [2.45, 2.75) is 33.6 Å². The fraction of sp³-hybridized carbons (Fsp3) is 0.368. The van der Waals surface area contributed by atoms with Crippen LogP contribution in [0.25, 0.3) is 0 Å². The Bertz CT molecular complexity index is 722. The first-order chi connectivity index (χ1) is 11.5. The third-order valence-electron chi connectivity index (χ3n) is 3.82. The van der Waals surface area contributed by atoms with E-state index in [1.165, 1.54) is 28.0 Å². The average Bonchev–Trinajstić information content (AvgIpc) is 2.97. The number of carbonyl (C=O) groups excluding carboxylic acids is 2. The Hall–Kier alpha value is -2.14. The summed E-state index contributed by atoms with van der Waals surface area (Å²) in [5.41, 5.74) is 3.87. The van der Waals surface area contributed by atoms with Crippen molar-refractivity contribution in [3.8, 4) is 0 Å². The molecule has 0 radical (unpaired) electrons. The molecular formula is C19H24N2O2S. The summed E-state index contributed by atoms with van der Waals surface area (Å²) in [6, 6.07) is 10.1. The number of hydrogen-bond donors (Lipinski definition) is 2. The molecule has 0 aliphatic heterocycles. The van der Waals surface area contributed by atoms with Crippen molar-refractivity contribution < 1.29 is 9.59 Å². The van der Waals surface area contributed by atoms with Gasteiger partial charge in [0.05, 0.1) is 11.4 Å². The Morgan fingerprint density at radius 2 is 1.83 bits per heavy atom. The monoisotopic (exact) mass is 344 g/mol. The highest BCUT2D eigenvalue weighted by molar-refractivity contribution is 7.13. The van der Waals surface area contributed by atoms with Crippen molar-refractivity contribution in [2.75, 3.05) is 13.1 Å². The molecule has 0 aliphatic carbocycles. The van der Waals surface area contributed by atoms with Gasteiger partial charge in [-0.15, -0.1) is 11.3 Å². The number of amides is 2. The lowest BCUT2D eigenvalue weighted by Crippen LogP contribution is -2.37. The minimum atomic E-state index is -0.196. The lowest BCUT2D eigenvalue weighted by atomic mass is 10.0. The quantitative estimate of drug-likeness (QED) is 0.758. The molecule has 128 valence electrons. The van der Waals surface area contributed by atoms with E-state index in [0.717, 1.165) is 17.7 Å². The van der Waals surface area contributed by atoms with Crippen molar-refractivity contribution in [3.63, 3.8) is 0 Å². The smallest absolute Gasteiger partial charge is 0.261 e. The van der Waals surface area contributed by atoms with E-state index in [1.54, 1.807) is 6.07 Å². The summed E-state index contributed by atoms with van der Waals surface area (Å²) in [5.74, 6) is -0.351. The minimum Gasteiger partial charge on any atom is -0.355 e. The van der Waals surface area contributed by atoms with Crippen LogP contribution in [0, 0.1) is 20.8 Å². The maximum atomic E-state index is 11.9. The highest BCUT2D eigenvalue weighted by Crippen LogP contribution is 2.14. The second-order valence-electron chi connectivity index (χ2n) is 5.98. The summed E-state index contributed by atoms with van der Waals surface area (Å²) in [7, 11) is 0. The molecule has 0 saturated carbocycles. The highest BCUT2D eigenvalue weighted by Gasteiger charge is 2.09. The summed E-state index contributed by atoms with van der Waals surface area (Å²) in [5, 5.41) is 5.49. The first-order valence-corrected chi connectivity index (χ1v) is 8.95. The zero-order valence-corrected chi connectivity index (χ0v) is 15.3. The van der Waals surface area contributed by atoms with Crippen LogP contribution in [0.4, 0.5) is 0 Å². The van der Waals surface area contributed by atoms with Gasteiger partial charge in [0.25, 0.3) is 5.91 Å². The Morgan fingerprint density at radius 1 is 1.04 bits per heavy atom. The first kappa shape index (κ1) is 18.2. The number of benzene rings is 1. The zero-order valence-electron chi connectivity index (χ0n) is 14.4. The molecule has 2 aromatic rings. The maximum Gasteiger partial charge on any atom is 0.261 e. The van der Waals surface area contributed by atoms with Crippen molar-refractivity contribution >= 4 is 23.2 Å². The number of aryl methyl sites for hydroxylation is 4. The van der Waals surface area contributed by atoms with E-state index in [-0.39, 0.29) is 18.4 Å². The van der Waals surface area contributed by atoms with E-state index in [1.807, 2.05) is 13.0 Å². The van der Waals surface area contributed by atoms with Crippen molar-refractivity contribution in [3.05, 3.63) is 56.8 Å². The number of carbonyl (C=O) groups is 2. The average molecular weight is 344 g/mol. The number of nitrogens with one attached hydrogen (secondary N) is 2. The second-order valence-corrected chi connectivity index (χ2v) is 7.26. The molecule has 2 amide bonds. The Morgan fingerprint density at radius 3 is 2.50 bits per heavy atom. The lowest BCUT2D eigenvalue weighted by Gasteiger charge is -2.08. The molecule has 0 fully saturated rings. The number of hydrogen-bond acceptors (Lipinski definition) is 3. The lowest BCUT2D eigenvalue weighted by molar-refractivity contribution is -0.120. The van der Waals surface area contributed by atoms with Crippen LogP contribution >= 0.6 is 11.3 Å².